The van der Waals surface area contributed by atoms with E-state index in [2.05, 4.69) is 4.98 Å². The van der Waals surface area contributed by atoms with Crippen molar-refractivity contribution in [1.82, 2.24) is 4.98 Å². The second-order valence-corrected chi connectivity index (χ2v) is 9.50. The molecule has 8 unspecified atom stereocenters. The van der Waals surface area contributed by atoms with E-state index in [9.17, 15) is 15.0 Å². The molecular formula is C23H25NO6. The van der Waals surface area contributed by atoms with Crippen LogP contribution in [0, 0.1) is 17.8 Å². The largest absolute Gasteiger partial charge is 0.484 e. The Balaban J connectivity index is 1.47. The molecule has 2 saturated carbocycles. The van der Waals surface area contributed by atoms with Gasteiger partial charge in [0.15, 0.2) is 0 Å². The third-order valence-corrected chi connectivity index (χ3v) is 8.14. The van der Waals surface area contributed by atoms with Crippen molar-refractivity contribution >= 4 is 0 Å². The van der Waals surface area contributed by atoms with Crippen LogP contribution in [-0.2, 0) is 4.74 Å². The third kappa shape index (κ3) is 2.15. The Morgan fingerprint density at radius 3 is 2.90 bits per heavy atom. The van der Waals surface area contributed by atoms with E-state index in [-0.39, 0.29) is 17.8 Å². The highest BCUT2D eigenvalue weighted by atomic mass is 16.6. The van der Waals surface area contributed by atoms with Crippen molar-refractivity contribution in [2.24, 2.45) is 17.8 Å². The normalized spacial score (nSPS) is 43.5. The molecule has 2 aliphatic carbocycles. The molecule has 4 heterocycles. The number of nitrogens with zero attached hydrogens (tertiary/aromatic N) is 1. The Hall–Kier alpha value is -2.22. The first-order valence-corrected chi connectivity index (χ1v) is 10.7. The molecule has 3 fully saturated rings. The average molecular weight is 411 g/mol. The van der Waals surface area contributed by atoms with Gasteiger partial charge in [0, 0.05) is 24.0 Å². The number of aliphatic hydroxyl groups is 2. The fourth-order valence-electron chi connectivity index (χ4n) is 6.58. The lowest BCUT2D eigenvalue weighted by Gasteiger charge is -2.71. The summed E-state index contributed by atoms with van der Waals surface area (Å²) in [6.45, 7) is 3.95. The molecule has 2 aromatic rings. The number of hydrogen-bond acceptors (Lipinski definition) is 7. The Kier molecular flexibility index (Phi) is 3.67. The molecule has 30 heavy (non-hydrogen) atoms. The first-order chi connectivity index (χ1) is 14.3. The van der Waals surface area contributed by atoms with Crippen molar-refractivity contribution < 1.29 is 24.1 Å². The lowest BCUT2D eigenvalue weighted by Crippen LogP contribution is -2.78. The standard InChI is InChI=1S/C23H25NO6/c1-11-13-8-17(26)22(2)20-19(30-23(13,20)6-5-14(11)25)18-16(29-22)9-15(28-21(18)27)12-4-3-7-24-10-12/h3-4,7,9-11,13-14,17,19-20,25-26H,5-6,8H2,1-2H3. The number of aliphatic hydroxyl groups excluding tert-OH is 2. The summed E-state index contributed by atoms with van der Waals surface area (Å²) in [5, 5.41) is 21.5. The highest BCUT2D eigenvalue weighted by molar-refractivity contribution is 5.59. The molecule has 8 atom stereocenters. The maximum Gasteiger partial charge on any atom is 0.345 e. The van der Waals surface area contributed by atoms with Gasteiger partial charge in [0.05, 0.1) is 23.7 Å². The molecule has 0 bridgehead atoms. The molecule has 0 aromatic carbocycles. The Morgan fingerprint density at radius 2 is 2.13 bits per heavy atom. The molecule has 0 amide bonds. The molecule has 0 radical (unpaired) electrons. The minimum atomic E-state index is -0.867. The number of pyridine rings is 1. The van der Waals surface area contributed by atoms with E-state index < -0.39 is 35.1 Å². The summed E-state index contributed by atoms with van der Waals surface area (Å²) in [4.78, 5) is 17.1. The zero-order valence-corrected chi connectivity index (χ0v) is 16.9. The topological polar surface area (TPSA) is 102 Å². The quantitative estimate of drug-likeness (QED) is 0.743. The van der Waals surface area contributed by atoms with E-state index in [0.29, 0.717) is 41.9 Å². The predicted molar refractivity (Wildman–Crippen MR) is 106 cm³/mol. The molecule has 2 N–H and O–H groups in total. The average Bonchev–Trinajstić information content (AvgIpc) is 2.70. The minimum Gasteiger partial charge on any atom is -0.484 e. The van der Waals surface area contributed by atoms with E-state index in [1.54, 1.807) is 24.5 Å². The van der Waals surface area contributed by atoms with Crippen LogP contribution in [0.25, 0.3) is 11.3 Å². The van der Waals surface area contributed by atoms with Crippen LogP contribution in [0.2, 0.25) is 0 Å². The molecule has 4 aliphatic rings. The molecule has 6 rings (SSSR count). The molecule has 1 spiro atoms. The maximum absolute atomic E-state index is 13.0. The smallest absolute Gasteiger partial charge is 0.345 e. The molecule has 158 valence electrons. The minimum absolute atomic E-state index is 0.0182. The summed E-state index contributed by atoms with van der Waals surface area (Å²) < 4.78 is 18.5. The maximum atomic E-state index is 13.0. The fraction of sp³-hybridized carbons (Fsp3) is 0.565. The van der Waals surface area contributed by atoms with Gasteiger partial charge in [-0.2, -0.15) is 0 Å². The Morgan fingerprint density at radius 1 is 1.30 bits per heavy atom. The number of hydrogen-bond donors (Lipinski definition) is 2. The summed E-state index contributed by atoms with van der Waals surface area (Å²) in [5.74, 6) is 0.668. The zero-order valence-electron chi connectivity index (χ0n) is 16.9. The van der Waals surface area contributed by atoms with Crippen LogP contribution in [0.4, 0.5) is 0 Å². The molecule has 7 heteroatoms. The number of aromatic nitrogens is 1. The van der Waals surface area contributed by atoms with Gasteiger partial charge in [-0.25, -0.2) is 4.79 Å². The van der Waals surface area contributed by atoms with Crippen LogP contribution >= 0.6 is 0 Å². The van der Waals surface area contributed by atoms with Gasteiger partial charge in [0.2, 0.25) is 0 Å². The van der Waals surface area contributed by atoms with Gasteiger partial charge < -0.3 is 24.1 Å². The summed E-state index contributed by atoms with van der Waals surface area (Å²) in [5.41, 5.74) is -0.757. The first-order valence-electron chi connectivity index (χ1n) is 10.7. The first kappa shape index (κ1) is 18.5. The van der Waals surface area contributed by atoms with Gasteiger partial charge in [-0.05, 0) is 50.2 Å². The van der Waals surface area contributed by atoms with Crippen molar-refractivity contribution in [3.8, 4) is 17.1 Å². The van der Waals surface area contributed by atoms with Gasteiger partial charge in [0.25, 0.3) is 0 Å². The Bertz CT molecular complexity index is 1070. The van der Waals surface area contributed by atoms with E-state index in [4.69, 9.17) is 13.9 Å². The lowest BCUT2D eigenvalue weighted by atomic mass is 9.48. The van der Waals surface area contributed by atoms with Crippen molar-refractivity contribution in [1.29, 1.82) is 0 Å². The van der Waals surface area contributed by atoms with Gasteiger partial charge in [-0.3, -0.25) is 4.98 Å². The van der Waals surface area contributed by atoms with Crippen LogP contribution in [0.3, 0.4) is 0 Å². The van der Waals surface area contributed by atoms with Crippen LogP contribution < -0.4 is 10.4 Å². The van der Waals surface area contributed by atoms with E-state index in [0.717, 1.165) is 0 Å². The van der Waals surface area contributed by atoms with E-state index in [1.165, 1.54) is 0 Å². The highest BCUT2D eigenvalue weighted by Crippen LogP contribution is 2.69. The number of ether oxygens (including phenoxy) is 2. The molecule has 2 aliphatic heterocycles. The molecule has 1 saturated heterocycles. The van der Waals surface area contributed by atoms with Gasteiger partial charge in [0.1, 0.15) is 28.8 Å². The van der Waals surface area contributed by atoms with E-state index in [1.807, 2.05) is 19.9 Å². The van der Waals surface area contributed by atoms with Crippen molar-refractivity contribution in [3.63, 3.8) is 0 Å². The van der Waals surface area contributed by atoms with Gasteiger partial charge >= 0.3 is 5.63 Å². The molecule has 2 aromatic heterocycles. The van der Waals surface area contributed by atoms with Crippen molar-refractivity contribution in [3.05, 3.63) is 46.6 Å². The van der Waals surface area contributed by atoms with Crippen LogP contribution in [0.15, 0.2) is 39.8 Å². The van der Waals surface area contributed by atoms with Crippen molar-refractivity contribution in [2.75, 3.05) is 0 Å². The SMILES string of the molecule is CC1C(O)CCC23OC4c5c(cc(-c6cccnc6)oc5=O)OC(C)(C(O)CC12)C43. The lowest BCUT2D eigenvalue weighted by molar-refractivity contribution is -0.388. The molecule has 7 nitrogen and oxygen atoms in total. The van der Waals surface area contributed by atoms with E-state index >= 15 is 0 Å². The highest BCUT2D eigenvalue weighted by Gasteiger charge is 2.75. The zero-order chi connectivity index (χ0) is 20.8. The summed E-state index contributed by atoms with van der Waals surface area (Å²) in [6, 6.07) is 5.29. The molecular weight excluding hydrogens is 386 g/mol. The monoisotopic (exact) mass is 411 g/mol. The van der Waals surface area contributed by atoms with Crippen LogP contribution in [-0.4, -0.2) is 38.6 Å². The third-order valence-electron chi connectivity index (χ3n) is 8.14. The fourth-order valence-corrected chi connectivity index (χ4v) is 6.58. The van der Waals surface area contributed by atoms with Crippen molar-refractivity contribution in [2.45, 2.75) is 62.6 Å². The van der Waals surface area contributed by atoms with Crippen LogP contribution in [0.5, 0.6) is 5.75 Å². The van der Waals surface area contributed by atoms with Gasteiger partial charge in [-0.1, -0.05) is 6.92 Å². The van der Waals surface area contributed by atoms with Crippen LogP contribution in [0.1, 0.15) is 44.8 Å². The number of fused-ring (bicyclic) bond motifs is 2. The number of rotatable bonds is 1. The second kappa shape index (κ2) is 5.93. The van der Waals surface area contributed by atoms with Gasteiger partial charge in [-0.15, -0.1) is 0 Å². The predicted octanol–water partition coefficient (Wildman–Crippen LogP) is 2.45. The summed E-state index contributed by atoms with van der Waals surface area (Å²) in [6.07, 6.45) is 3.54. The second-order valence-electron chi connectivity index (χ2n) is 9.50. The summed E-state index contributed by atoms with van der Waals surface area (Å²) in [7, 11) is 0. The Labute approximate surface area is 173 Å². The summed E-state index contributed by atoms with van der Waals surface area (Å²) >= 11 is 0.